The summed E-state index contributed by atoms with van der Waals surface area (Å²) < 4.78 is 28.0. The lowest BCUT2D eigenvalue weighted by atomic mass is 10.0. The zero-order valence-corrected chi connectivity index (χ0v) is 30.7. The SMILES string of the molecule is CCCCCCCCCCCCCCCCOCCCP(=O)(COC(C)Cn1cnc2c(N)ncnc21)NC(C)C(=S)C(C)C. The van der Waals surface area contributed by atoms with Crippen LogP contribution in [0.3, 0.4) is 0 Å². The summed E-state index contributed by atoms with van der Waals surface area (Å²) in [5.41, 5.74) is 7.15. The van der Waals surface area contributed by atoms with Gasteiger partial charge in [0.1, 0.15) is 18.2 Å². The number of hydrogen-bond donors (Lipinski definition) is 2. The van der Waals surface area contributed by atoms with Gasteiger partial charge >= 0.3 is 0 Å². The summed E-state index contributed by atoms with van der Waals surface area (Å²) >= 11 is 5.62. The fourth-order valence-electron chi connectivity index (χ4n) is 5.62. The Balaban J connectivity index is 1.65. The molecule has 2 aromatic rings. The Morgan fingerprint density at radius 1 is 0.889 bits per heavy atom. The van der Waals surface area contributed by atoms with Gasteiger partial charge in [-0.3, -0.25) is 5.09 Å². The molecule has 258 valence electrons. The Morgan fingerprint density at radius 3 is 2.07 bits per heavy atom. The Labute approximate surface area is 279 Å². The molecule has 2 aromatic heterocycles. The molecule has 0 radical (unpaired) electrons. The highest BCUT2D eigenvalue weighted by atomic mass is 32.1. The van der Waals surface area contributed by atoms with Gasteiger partial charge in [-0.15, -0.1) is 0 Å². The van der Waals surface area contributed by atoms with Gasteiger partial charge in [0.05, 0.1) is 19.0 Å². The van der Waals surface area contributed by atoms with E-state index < -0.39 is 7.29 Å². The van der Waals surface area contributed by atoms with E-state index in [1.165, 1.54) is 89.8 Å². The Hall–Kier alpha value is -1.45. The third-order valence-corrected chi connectivity index (χ3v) is 11.6. The molecule has 3 unspecified atom stereocenters. The topological polar surface area (TPSA) is 117 Å². The van der Waals surface area contributed by atoms with Crippen LogP contribution in [-0.4, -0.2) is 62.3 Å². The zero-order valence-electron chi connectivity index (χ0n) is 29.0. The number of nitrogens with one attached hydrogen (secondary N) is 1. The molecule has 0 aliphatic carbocycles. The summed E-state index contributed by atoms with van der Waals surface area (Å²) in [7, 11) is -2.87. The van der Waals surface area contributed by atoms with Crippen LogP contribution in [0.1, 0.15) is 131 Å². The first-order valence-electron chi connectivity index (χ1n) is 17.7. The molecule has 0 bridgehead atoms. The lowest BCUT2D eigenvalue weighted by molar-refractivity contribution is 0.0855. The van der Waals surface area contributed by atoms with Crippen LogP contribution < -0.4 is 10.8 Å². The number of fused-ring (bicyclic) bond motifs is 1. The maximum atomic E-state index is 14.1. The fourth-order valence-corrected chi connectivity index (χ4v) is 8.07. The van der Waals surface area contributed by atoms with Crippen molar-refractivity contribution in [1.82, 2.24) is 24.6 Å². The zero-order chi connectivity index (χ0) is 32.9. The molecular weight excluding hydrogens is 603 g/mol. The summed E-state index contributed by atoms with van der Waals surface area (Å²) in [6, 6.07) is -0.140. The van der Waals surface area contributed by atoms with E-state index in [-0.39, 0.29) is 24.4 Å². The lowest BCUT2D eigenvalue weighted by Crippen LogP contribution is -2.35. The van der Waals surface area contributed by atoms with E-state index in [4.69, 9.17) is 27.4 Å². The molecule has 3 atom stereocenters. The van der Waals surface area contributed by atoms with Crippen molar-refractivity contribution in [3.63, 3.8) is 0 Å². The maximum Gasteiger partial charge on any atom is 0.173 e. The van der Waals surface area contributed by atoms with E-state index in [2.05, 4.69) is 40.8 Å². The number of anilines is 1. The highest BCUT2D eigenvalue weighted by molar-refractivity contribution is 7.80. The Morgan fingerprint density at radius 2 is 1.47 bits per heavy atom. The number of thiocarbonyl (C=S) groups is 1. The first-order chi connectivity index (χ1) is 21.7. The van der Waals surface area contributed by atoms with Crippen molar-refractivity contribution in [2.75, 3.05) is 31.5 Å². The van der Waals surface area contributed by atoms with E-state index in [9.17, 15) is 4.57 Å². The van der Waals surface area contributed by atoms with E-state index in [0.717, 1.165) is 17.9 Å². The highest BCUT2D eigenvalue weighted by Crippen LogP contribution is 2.43. The van der Waals surface area contributed by atoms with Gasteiger partial charge in [-0.2, -0.15) is 0 Å². The third-order valence-electron chi connectivity index (χ3n) is 8.33. The van der Waals surface area contributed by atoms with Crippen LogP contribution in [0.4, 0.5) is 5.82 Å². The van der Waals surface area contributed by atoms with Crippen LogP contribution in [0, 0.1) is 5.92 Å². The van der Waals surface area contributed by atoms with Gasteiger partial charge in [0.2, 0.25) is 0 Å². The van der Waals surface area contributed by atoms with Gasteiger partial charge < -0.3 is 24.3 Å². The molecule has 0 aliphatic heterocycles. The highest BCUT2D eigenvalue weighted by Gasteiger charge is 2.27. The molecule has 0 saturated heterocycles. The molecule has 0 aromatic carbocycles. The molecule has 2 rings (SSSR count). The lowest BCUT2D eigenvalue weighted by Gasteiger charge is -2.27. The largest absolute Gasteiger partial charge is 0.382 e. The van der Waals surface area contributed by atoms with Crippen LogP contribution in [0.25, 0.3) is 11.2 Å². The molecule has 0 spiro atoms. The van der Waals surface area contributed by atoms with E-state index in [0.29, 0.717) is 42.7 Å². The van der Waals surface area contributed by atoms with E-state index >= 15 is 0 Å². The van der Waals surface area contributed by atoms with Crippen molar-refractivity contribution in [3.05, 3.63) is 12.7 Å². The minimum Gasteiger partial charge on any atom is -0.382 e. The van der Waals surface area contributed by atoms with E-state index in [1.54, 1.807) is 6.33 Å². The predicted molar refractivity (Wildman–Crippen MR) is 193 cm³/mol. The molecular formula is C34H63N6O3PS. The summed E-state index contributed by atoms with van der Waals surface area (Å²) in [6.07, 6.45) is 23.1. The quantitative estimate of drug-likeness (QED) is 0.0521. The van der Waals surface area contributed by atoms with Crippen molar-refractivity contribution in [2.24, 2.45) is 5.92 Å². The molecule has 0 fully saturated rings. The van der Waals surface area contributed by atoms with Crippen LogP contribution >= 0.6 is 19.5 Å². The molecule has 2 heterocycles. The second-order valence-corrected chi connectivity index (χ2v) is 16.2. The number of nitrogens with two attached hydrogens (primary N) is 1. The van der Waals surface area contributed by atoms with Crippen molar-refractivity contribution < 1.29 is 14.0 Å². The Bertz CT molecular complexity index is 1130. The van der Waals surface area contributed by atoms with Crippen molar-refractivity contribution in [2.45, 2.75) is 150 Å². The maximum absolute atomic E-state index is 14.1. The standard InChI is InChI=1S/C34H63N6O3PS/c1-6-7-8-9-10-11-12-13-14-15-16-17-18-19-21-42-22-20-23-44(41,39-30(5)32(45)28(2)3)27-43-29(4)24-40-26-38-31-33(35)36-25-37-34(31)40/h25-26,28-30H,6-24,27H2,1-5H3,(H,39,41)(H2,35,36,37). The van der Waals surface area contributed by atoms with Gasteiger partial charge in [-0.25, -0.2) is 15.0 Å². The van der Waals surface area contributed by atoms with Gasteiger partial charge in [0.25, 0.3) is 0 Å². The monoisotopic (exact) mass is 666 g/mol. The van der Waals surface area contributed by atoms with Crippen LogP contribution in [0.5, 0.6) is 0 Å². The van der Waals surface area contributed by atoms with Crippen molar-refractivity contribution in [3.8, 4) is 0 Å². The number of nitrogens with zero attached hydrogens (tertiary/aromatic N) is 4. The van der Waals surface area contributed by atoms with Gasteiger partial charge in [-0.1, -0.05) is 116 Å². The molecule has 9 nitrogen and oxygen atoms in total. The van der Waals surface area contributed by atoms with Gasteiger partial charge in [0.15, 0.2) is 18.8 Å². The summed E-state index contributed by atoms with van der Waals surface area (Å²) in [5, 5.41) is 3.36. The number of hydrogen-bond acceptors (Lipinski definition) is 8. The number of unbranched alkanes of at least 4 members (excludes halogenated alkanes) is 13. The minimum absolute atomic E-state index is 0.127. The van der Waals surface area contributed by atoms with E-state index in [1.807, 2.05) is 18.4 Å². The first-order valence-corrected chi connectivity index (χ1v) is 20.2. The molecule has 0 aliphatic rings. The summed E-state index contributed by atoms with van der Waals surface area (Å²) in [4.78, 5) is 13.5. The molecule has 0 amide bonds. The van der Waals surface area contributed by atoms with Gasteiger partial charge in [-0.05, 0) is 32.6 Å². The second kappa shape index (κ2) is 23.0. The van der Waals surface area contributed by atoms with Gasteiger partial charge in [0, 0.05) is 30.3 Å². The van der Waals surface area contributed by atoms with Crippen LogP contribution in [0.15, 0.2) is 12.7 Å². The molecule has 11 heteroatoms. The van der Waals surface area contributed by atoms with Crippen LogP contribution in [-0.2, 0) is 20.6 Å². The van der Waals surface area contributed by atoms with Crippen molar-refractivity contribution in [1.29, 1.82) is 0 Å². The number of nitrogen functional groups attached to an aromatic ring is 1. The van der Waals surface area contributed by atoms with Crippen LogP contribution in [0.2, 0.25) is 0 Å². The fraction of sp³-hybridized carbons (Fsp3) is 0.824. The number of rotatable bonds is 28. The number of aromatic nitrogens is 4. The third kappa shape index (κ3) is 16.3. The smallest absolute Gasteiger partial charge is 0.173 e. The summed E-state index contributed by atoms with van der Waals surface area (Å²) in [5.74, 6) is 0.580. The molecule has 0 saturated carbocycles. The average Bonchev–Trinajstić information content (AvgIpc) is 3.42. The normalized spacial score (nSPS) is 14.6. The Kier molecular flexibility index (Phi) is 20.3. The average molecular weight is 667 g/mol. The number of ether oxygens (including phenoxy) is 2. The molecule has 3 N–H and O–H groups in total. The second-order valence-electron chi connectivity index (χ2n) is 13.0. The molecule has 45 heavy (non-hydrogen) atoms. The summed E-state index contributed by atoms with van der Waals surface area (Å²) in [6.45, 7) is 12.3. The first kappa shape index (κ1) is 39.7. The predicted octanol–water partition coefficient (Wildman–Crippen LogP) is 8.94. The number of imidazole rings is 1. The minimum atomic E-state index is -2.87. The van der Waals surface area contributed by atoms with Crippen molar-refractivity contribution >= 4 is 41.4 Å².